The number of hydrogen-bond acceptors (Lipinski definition) is 9. The fourth-order valence-electron chi connectivity index (χ4n) is 2.44. The first kappa shape index (κ1) is 24.6. The number of nitrogens with one attached hydrogen (secondary N) is 2. The van der Waals surface area contributed by atoms with Crippen molar-refractivity contribution in [2.75, 3.05) is 24.6 Å². The summed E-state index contributed by atoms with van der Waals surface area (Å²) in [6.45, 7) is 9.28. The van der Waals surface area contributed by atoms with Crippen molar-refractivity contribution in [1.82, 2.24) is 25.9 Å². The van der Waals surface area contributed by atoms with Gasteiger partial charge in [0.1, 0.15) is 0 Å². The highest BCUT2D eigenvalue weighted by molar-refractivity contribution is 8.03. The first-order valence-corrected chi connectivity index (χ1v) is 13.0. The van der Waals surface area contributed by atoms with E-state index in [0.29, 0.717) is 32.4 Å². The van der Waals surface area contributed by atoms with E-state index in [1.807, 2.05) is 33.8 Å². The van der Waals surface area contributed by atoms with Crippen LogP contribution < -0.4 is 10.9 Å². The summed E-state index contributed by atoms with van der Waals surface area (Å²) in [6.07, 6.45) is 0.865. The van der Waals surface area contributed by atoms with Gasteiger partial charge in [-0.3, -0.25) is 25.2 Å². The van der Waals surface area contributed by atoms with E-state index in [-0.39, 0.29) is 23.5 Å². The number of amides is 3. The molecule has 2 heterocycles. The summed E-state index contributed by atoms with van der Waals surface area (Å²) in [7, 11) is 0. The van der Waals surface area contributed by atoms with E-state index >= 15 is 0 Å². The van der Waals surface area contributed by atoms with Gasteiger partial charge in [-0.2, -0.15) is 0 Å². The van der Waals surface area contributed by atoms with Crippen LogP contribution in [0, 0.1) is 6.92 Å². The summed E-state index contributed by atoms with van der Waals surface area (Å²) in [5.41, 5.74) is 5.99. The van der Waals surface area contributed by atoms with Crippen LogP contribution >= 0.6 is 46.2 Å². The Morgan fingerprint density at radius 2 is 1.63 bits per heavy atom. The number of rotatable bonds is 10. The molecule has 2 N–H and O–H groups in total. The van der Waals surface area contributed by atoms with E-state index in [9.17, 15) is 14.4 Å². The molecule has 0 radical (unpaired) electrons. The van der Waals surface area contributed by atoms with Gasteiger partial charge in [0.2, 0.25) is 11.8 Å². The molecule has 2 aromatic heterocycles. The molecule has 0 saturated carbocycles. The van der Waals surface area contributed by atoms with Crippen molar-refractivity contribution in [1.29, 1.82) is 0 Å². The van der Waals surface area contributed by atoms with E-state index in [2.05, 4.69) is 21.0 Å². The maximum absolute atomic E-state index is 12.2. The monoisotopic (exact) mass is 487 g/mol. The van der Waals surface area contributed by atoms with E-state index < -0.39 is 0 Å². The molecule has 8 nitrogen and oxygen atoms in total. The summed E-state index contributed by atoms with van der Waals surface area (Å²) < 4.78 is 1.32. The highest BCUT2D eigenvalue weighted by Crippen LogP contribution is 2.28. The molecule has 0 aliphatic carbocycles. The van der Waals surface area contributed by atoms with E-state index in [1.54, 1.807) is 4.90 Å². The van der Waals surface area contributed by atoms with E-state index in [1.165, 1.54) is 46.2 Å². The topological polar surface area (TPSA) is 104 Å². The van der Waals surface area contributed by atoms with Crippen LogP contribution in [0.2, 0.25) is 0 Å². The van der Waals surface area contributed by atoms with Crippen LogP contribution in [0.4, 0.5) is 0 Å². The first-order chi connectivity index (χ1) is 14.4. The summed E-state index contributed by atoms with van der Waals surface area (Å²) in [6, 6.07) is 1.85. The number of carbonyl (C=O) groups excluding carboxylic acids is 3. The lowest BCUT2D eigenvalue weighted by Gasteiger charge is -2.17. The Morgan fingerprint density at radius 1 is 1.00 bits per heavy atom. The fraction of sp³-hybridized carbons (Fsp3) is 0.500. The second kappa shape index (κ2) is 12.3. The summed E-state index contributed by atoms with van der Waals surface area (Å²) >= 11 is 5.32. The Balaban J connectivity index is 1.73. The van der Waals surface area contributed by atoms with Crippen LogP contribution in [0.5, 0.6) is 0 Å². The second-order valence-electron chi connectivity index (χ2n) is 6.03. The Morgan fingerprint density at radius 3 is 2.20 bits per heavy atom. The van der Waals surface area contributed by atoms with Gasteiger partial charge in [0.05, 0.1) is 16.4 Å². The molecule has 164 valence electrons. The third kappa shape index (κ3) is 7.25. The minimum Gasteiger partial charge on any atom is -0.343 e. The Bertz CT molecular complexity index is 879. The van der Waals surface area contributed by atoms with Crippen molar-refractivity contribution in [2.45, 2.75) is 42.8 Å². The van der Waals surface area contributed by atoms with E-state index in [4.69, 9.17) is 0 Å². The first-order valence-electron chi connectivity index (χ1n) is 9.43. The molecular formula is C18H25N5O3S4. The molecular weight excluding hydrogens is 462 g/mol. The van der Waals surface area contributed by atoms with Crippen LogP contribution in [-0.4, -0.2) is 57.4 Å². The zero-order valence-electron chi connectivity index (χ0n) is 17.3. The Labute approximate surface area is 192 Å². The van der Waals surface area contributed by atoms with Gasteiger partial charge < -0.3 is 4.90 Å². The smallest absolute Gasteiger partial charge is 0.279 e. The molecule has 2 aromatic rings. The zero-order chi connectivity index (χ0) is 22.1. The third-order valence-electron chi connectivity index (χ3n) is 4.09. The van der Waals surface area contributed by atoms with E-state index in [0.717, 1.165) is 16.9 Å². The van der Waals surface area contributed by atoms with Crippen molar-refractivity contribution in [2.24, 2.45) is 0 Å². The highest BCUT2D eigenvalue weighted by atomic mass is 32.2. The number of hydrazine groups is 1. The van der Waals surface area contributed by atoms with Gasteiger partial charge >= 0.3 is 0 Å². The van der Waals surface area contributed by atoms with Crippen LogP contribution in [0.3, 0.4) is 0 Å². The van der Waals surface area contributed by atoms with Crippen LogP contribution in [0.1, 0.15) is 40.9 Å². The molecule has 30 heavy (non-hydrogen) atoms. The summed E-state index contributed by atoms with van der Waals surface area (Å²) in [5, 5.41) is 8.09. The molecule has 3 amide bonds. The third-order valence-corrected chi connectivity index (χ3v) is 8.36. The minimum atomic E-state index is -0.335. The number of aromatic nitrogens is 2. The molecule has 0 aromatic carbocycles. The van der Waals surface area contributed by atoms with Gasteiger partial charge in [0.15, 0.2) is 8.68 Å². The van der Waals surface area contributed by atoms with Crippen molar-refractivity contribution >= 4 is 63.9 Å². The van der Waals surface area contributed by atoms with Crippen molar-refractivity contribution < 1.29 is 14.4 Å². The number of nitrogens with zero attached hydrogens (tertiary/aromatic N) is 3. The summed E-state index contributed by atoms with van der Waals surface area (Å²) in [4.78, 5) is 39.6. The SMILES string of the molecule is CCc1cc(C(=O)NNC(=O)CSc2nnc(SCC(=O)N(CC)CC)s2)sc1C. The van der Waals surface area contributed by atoms with Crippen LogP contribution in [-0.2, 0) is 16.0 Å². The molecule has 0 atom stereocenters. The Kier molecular flexibility index (Phi) is 10.1. The number of aryl methyl sites for hydroxylation is 2. The molecule has 0 fully saturated rings. The lowest BCUT2D eigenvalue weighted by Crippen LogP contribution is -2.42. The van der Waals surface area contributed by atoms with Crippen molar-refractivity contribution in [3.63, 3.8) is 0 Å². The average Bonchev–Trinajstić information content (AvgIpc) is 3.35. The van der Waals surface area contributed by atoms with Crippen molar-refractivity contribution in [3.05, 3.63) is 21.4 Å². The predicted molar refractivity (Wildman–Crippen MR) is 123 cm³/mol. The lowest BCUT2D eigenvalue weighted by molar-refractivity contribution is -0.128. The van der Waals surface area contributed by atoms with Crippen LogP contribution in [0.25, 0.3) is 0 Å². The summed E-state index contributed by atoms with van der Waals surface area (Å²) in [5.74, 6) is -0.180. The molecule has 12 heteroatoms. The zero-order valence-corrected chi connectivity index (χ0v) is 20.6. The molecule has 0 aliphatic heterocycles. The maximum atomic E-state index is 12.2. The normalized spacial score (nSPS) is 10.7. The van der Waals surface area contributed by atoms with Crippen molar-refractivity contribution in [3.8, 4) is 0 Å². The molecule has 0 bridgehead atoms. The molecule has 0 unspecified atom stereocenters. The average molecular weight is 488 g/mol. The van der Waals surface area contributed by atoms with Gasteiger partial charge in [-0.15, -0.1) is 21.5 Å². The van der Waals surface area contributed by atoms with Gasteiger partial charge in [-0.05, 0) is 38.8 Å². The number of carbonyl (C=O) groups is 3. The predicted octanol–water partition coefficient (Wildman–Crippen LogP) is 2.98. The van der Waals surface area contributed by atoms with Crippen LogP contribution in [0.15, 0.2) is 14.7 Å². The minimum absolute atomic E-state index is 0.0662. The van der Waals surface area contributed by atoms with Gasteiger partial charge in [-0.1, -0.05) is 41.8 Å². The van der Waals surface area contributed by atoms with Gasteiger partial charge in [0, 0.05) is 18.0 Å². The molecule has 0 saturated heterocycles. The fourth-order valence-corrected chi connectivity index (χ4v) is 6.17. The Hall–Kier alpha value is -1.63. The number of thiophene rings is 1. The highest BCUT2D eigenvalue weighted by Gasteiger charge is 2.15. The molecule has 2 rings (SSSR count). The second-order valence-corrected chi connectivity index (χ2v) is 10.7. The maximum Gasteiger partial charge on any atom is 0.279 e. The lowest BCUT2D eigenvalue weighted by atomic mass is 10.2. The standard InChI is InChI=1S/C18H25N5O3S4/c1-5-12-8-13(29-11(12)4)16(26)20-19-14(24)9-27-17-21-22-18(30-17)28-10-15(25)23(6-2)7-3/h8H,5-7,9-10H2,1-4H3,(H,19,24)(H,20,26). The molecule has 0 spiro atoms. The number of thioether (sulfide) groups is 2. The quantitative estimate of drug-likeness (QED) is 0.392. The molecule has 0 aliphatic rings. The number of hydrogen-bond donors (Lipinski definition) is 2. The van der Waals surface area contributed by atoms with Gasteiger partial charge in [-0.25, -0.2) is 0 Å². The van der Waals surface area contributed by atoms with Gasteiger partial charge in [0.25, 0.3) is 5.91 Å². The largest absolute Gasteiger partial charge is 0.343 e.